The first-order valence-electron chi connectivity index (χ1n) is 7.28. The molecule has 0 spiro atoms. The van der Waals surface area contributed by atoms with Gasteiger partial charge in [-0.1, -0.05) is 19.1 Å². The Labute approximate surface area is 123 Å². The van der Waals surface area contributed by atoms with Gasteiger partial charge in [-0.25, -0.2) is 0 Å². The molecule has 3 nitrogen and oxygen atoms in total. The summed E-state index contributed by atoms with van der Waals surface area (Å²) in [6.07, 6.45) is -3.23. The van der Waals surface area contributed by atoms with Crippen molar-refractivity contribution in [1.29, 1.82) is 0 Å². The third kappa shape index (κ3) is 4.61. The van der Waals surface area contributed by atoms with Gasteiger partial charge < -0.3 is 10.6 Å². The molecule has 1 aromatic carbocycles. The first kappa shape index (κ1) is 16.1. The van der Waals surface area contributed by atoms with Crippen molar-refractivity contribution in [3.63, 3.8) is 0 Å². The Morgan fingerprint density at radius 3 is 2.14 bits per heavy atom. The maximum Gasteiger partial charge on any atom is 0.401 e. The number of alkyl halides is 3. The summed E-state index contributed by atoms with van der Waals surface area (Å²) in [6, 6.07) is 8.06. The van der Waals surface area contributed by atoms with E-state index in [1.807, 2.05) is 31.2 Å². The number of halogens is 3. The van der Waals surface area contributed by atoms with Crippen LogP contribution in [0.25, 0.3) is 0 Å². The summed E-state index contributed by atoms with van der Waals surface area (Å²) < 4.78 is 37.0. The summed E-state index contributed by atoms with van der Waals surface area (Å²) in [4.78, 5) is 3.58. The Hall–Kier alpha value is -1.27. The van der Waals surface area contributed by atoms with E-state index >= 15 is 0 Å². The second kappa shape index (κ2) is 6.66. The van der Waals surface area contributed by atoms with Gasteiger partial charge in [0.1, 0.15) is 0 Å². The minimum absolute atomic E-state index is 0.0442. The molecule has 1 saturated heterocycles. The quantitative estimate of drug-likeness (QED) is 0.928. The highest BCUT2D eigenvalue weighted by atomic mass is 19.4. The molecule has 1 atom stereocenters. The zero-order valence-electron chi connectivity index (χ0n) is 12.2. The molecule has 21 heavy (non-hydrogen) atoms. The average Bonchev–Trinajstić information content (AvgIpc) is 2.46. The number of rotatable bonds is 4. The van der Waals surface area contributed by atoms with Crippen LogP contribution >= 0.6 is 0 Å². The monoisotopic (exact) mass is 301 g/mol. The maximum absolute atomic E-state index is 12.3. The molecule has 1 aliphatic rings. The van der Waals surface area contributed by atoms with Gasteiger partial charge in [-0.3, -0.25) is 4.90 Å². The molecule has 2 N–H and O–H groups in total. The van der Waals surface area contributed by atoms with Crippen LogP contribution in [0.1, 0.15) is 24.9 Å². The van der Waals surface area contributed by atoms with Crippen LogP contribution in [0.2, 0.25) is 0 Å². The molecular weight excluding hydrogens is 279 g/mol. The Morgan fingerprint density at radius 2 is 1.67 bits per heavy atom. The fourth-order valence-corrected chi connectivity index (χ4v) is 2.59. The first-order chi connectivity index (χ1) is 9.89. The van der Waals surface area contributed by atoms with Crippen LogP contribution in [0.3, 0.4) is 0 Å². The van der Waals surface area contributed by atoms with Gasteiger partial charge in [0, 0.05) is 37.9 Å². The Balaban J connectivity index is 1.90. The average molecular weight is 301 g/mol. The Morgan fingerprint density at radius 1 is 1.10 bits per heavy atom. The third-order valence-electron chi connectivity index (χ3n) is 3.90. The molecule has 1 unspecified atom stereocenters. The molecule has 0 amide bonds. The minimum Gasteiger partial charge on any atom is -0.369 e. The van der Waals surface area contributed by atoms with Gasteiger partial charge in [-0.05, 0) is 24.1 Å². The van der Waals surface area contributed by atoms with Crippen molar-refractivity contribution in [1.82, 2.24) is 4.90 Å². The van der Waals surface area contributed by atoms with Gasteiger partial charge in [0.05, 0.1) is 6.54 Å². The molecule has 0 bridgehead atoms. The van der Waals surface area contributed by atoms with Crippen molar-refractivity contribution in [2.24, 2.45) is 5.73 Å². The van der Waals surface area contributed by atoms with Gasteiger partial charge in [-0.2, -0.15) is 13.2 Å². The second-order valence-corrected chi connectivity index (χ2v) is 5.48. The van der Waals surface area contributed by atoms with Gasteiger partial charge in [-0.15, -0.1) is 0 Å². The minimum atomic E-state index is -4.11. The summed E-state index contributed by atoms with van der Waals surface area (Å²) in [5.74, 6) is 0. The molecule has 0 radical (unpaired) electrons. The summed E-state index contributed by atoms with van der Waals surface area (Å²) in [7, 11) is 0. The Kier molecular flexibility index (Phi) is 5.11. The van der Waals surface area contributed by atoms with Crippen LogP contribution in [-0.4, -0.2) is 43.8 Å². The molecule has 1 fully saturated rings. The summed E-state index contributed by atoms with van der Waals surface area (Å²) in [5.41, 5.74) is 8.12. The van der Waals surface area contributed by atoms with Crippen molar-refractivity contribution in [3.8, 4) is 0 Å². The highest BCUT2D eigenvalue weighted by Gasteiger charge is 2.32. The fraction of sp³-hybridized carbons (Fsp3) is 0.600. The molecular formula is C15H22F3N3. The normalized spacial score (nSPS) is 18.8. The predicted molar refractivity (Wildman–Crippen MR) is 78.4 cm³/mol. The molecule has 1 aliphatic heterocycles. The standard InChI is InChI=1S/C15H22F3N3/c1-2-14(19)12-3-5-13(6-4-12)21-9-7-20(8-10-21)11-15(16,17)18/h3-6,14H,2,7-11,19H2,1H3. The van der Waals surface area contributed by atoms with Crippen LogP contribution in [0.15, 0.2) is 24.3 Å². The third-order valence-corrected chi connectivity index (χ3v) is 3.90. The van der Waals surface area contributed by atoms with E-state index in [1.54, 1.807) is 0 Å². The van der Waals surface area contributed by atoms with Gasteiger partial charge in [0.15, 0.2) is 0 Å². The molecule has 118 valence electrons. The highest BCUT2D eigenvalue weighted by molar-refractivity contribution is 5.48. The van der Waals surface area contributed by atoms with Crippen molar-refractivity contribution >= 4 is 5.69 Å². The Bertz CT molecular complexity index is 436. The van der Waals surface area contributed by atoms with Crippen LogP contribution in [0, 0.1) is 0 Å². The lowest BCUT2D eigenvalue weighted by Gasteiger charge is -2.36. The van der Waals surface area contributed by atoms with Gasteiger partial charge in [0.25, 0.3) is 0 Å². The van der Waals surface area contributed by atoms with Crippen LogP contribution in [-0.2, 0) is 0 Å². The largest absolute Gasteiger partial charge is 0.401 e. The van der Waals surface area contributed by atoms with E-state index in [9.17, 15) is 13.2 Å². The molecule has 0 aromatic heterocycles. The smallest absolute Gasteiger partial charge is 0.369 e. The summed E-state index contributed by atoms with van der Waals surface area (Å²) in [6.45, 7) is 3.35. The zero-order chi connectivity index (χ0) is 15.5. The van der Waals surface area contributed by atoms with Crippen LogP contribution < -0.4 is 10.6 Å². The van der Waals surface area contributed by atoms with Crippen molar-refractivity contribution in [2.75, 3.05) is 37.6 Å². The number of hydrogen-bond donors (Lipinski definition) is 1. The maximum atomic E-state index is 12.3. The van der Waals surface area contributed by atoms with E-state index in [0.29, 0.717) is 26.2 Å². The van der Waals surface area contributed by atoms with Crippen molar-refractivity contribution in [2.45, 2.75) is 25.6 Å². The van der Waals surface area contributed by atoms with E-state index in [4.69, 9.17) is 5.73 Å². The first-order valence-corrected chi connectivity index (χ1v) is 7.28. The highest BCUT2D eigenvalue weighted by Crippen LogP contribution is 2.22. The SMILES string of the molecule is CCC(N)c1ccc(N2CCN(CC(F)(F)F)CC2)cc1. The van der Waals surface area contributed by atoms with E-state index in [1.165, 1.54) is 4.90 Å². The number of piperazine rings is 1. The molecule has 2 rings (SSSR count). The van der Waals surface area contributed by atoms with Crippen molar-refractivity contribution in [3.05, 3.63) is 29.8 Å². The summed E-state index contributed by atoms with van der Waals surface area (Å²) >= 11 is 0. The number of benzene rings is 1. The predicted octanol–water partition coefficient (Wildman–Crippen LogP) is 2.78. The number of hydrogen-bond acceptors (Lipinski definition) is 3. The number of anilines is 1. The zero-order valence-corrected chi connectivity index (χ0v) is 12.2. The lowest BCUT2D eigenvalue weighted by molar-refractivity contribution is -0.146. The molecule has 0 aliphatic carbocycles. The molecule has 1 heterocycles. The number of nitrogens with zero attached hydrogens (tertiary/aromatic N) is 2. The molecule has 0 saturated carbocycles. The summed E-state index contributed by atoms with van der Waals surface area (Å²) in [5, 5.41) is 0. The van der Waals surface area contributed by atoms with Gasteiger partial charge in [0.2, 0.25) is 0 Å². The van der Waals surface area contributed by atoms with E-state index in [-0.39, 0.29) is 6.04 Å². The van der Waals surface area contributed by atoms with Gasteiger partial charge >= 0.3 is 6.18 Å². The number of nitrogens with two attached hydrogens (primary N) is 1. The molecule has 6 heteroatoms. The van der Waals surface area contributed by atoms with Crippen molar-refractivity contribution < 1.29 is 13.2 Å². The van der Waals surface area contributed by atoms with Crippen LogP contribution in [0.5, 0.6) is 0 Å². The fourth-order valence-electron chi connectivity index (χ4n) is 2.59. The topological polar surface area (TPSA) is 32.5 Å². The van der Waals surface area contributed by atoms with E-state index in [0.717, 1.165) is 17.7 Å². The van der Waals surface area contributed by atoms with Crippen LogP contribution in [0.4, 0.5) is 18.9 Å². The molecule has 1 aromatic rings. The van der Waals surface area contributed by atoms with E-state index in [2.05, 4.69) is 4.90 Å². The van der Waals surface area contributed by atoms with E-state index < -0.39 is 12.7 Å². The second-order valence-electron chi connectivity index (χ2n) is 5.48. The lowest BCUT2D eigenvalue weighted by Crippen LogP contribution is -2.49. The lowest BCUT2D eigenvalue weighted by atomic mass is 10.0.